The van der Waals surface area contributed by atoms with E-state index < -0.39 is 28.0 Å². The Morgan fingerprint density at radius 2 is 2.08 bits per heavy atom. The van der Waals surface area contributed by atoms with Gasteiger partial charge in [0.2, 0.25) is 10.0 Å². The van der Waals surface area contributed by atoms with Crippen LogP contribution in [0.25, 0.3) is 0 Å². The van der Waals surface area contributed by atoms with Crippen molar-refractivity contribution in [2.75, 3.05) is 26.8 Å². The number of ether oxygens (including phenoxy) is 2. The van der Waals surface area contributed by atoms with Crippen molar-refractivity contribution in [1.82, 2.24) is 10.0 Å². The number of esters is 1. The van der Waals surface area contributed by atoms with Crippen LogP contribution >= 0.6 is 11.6 Å². The van der Waals surface area contributed by atoms with E-state index in [9.17, 15) is 18.0 Å². The molecule has 1 amide bonds. The number of benzene rings is 1. The minimum absolute atomic E-state index is 0.00597. The van der Waals surface area contributed by atoms with Gasteiger partial charge in [-0.1, -0.05) is 17.7 Å². The fraction of sp³-hybridized carbons (Fsp3) is 0.375. The summed E-state index contributed by atoms with van der Waals surface area (Å²) >= 11 is 5.92. The summed E-state index contributed by atoms with van der Waals surface area (Å²) in [6, 6.07) is 3.67. The molecule has 8 nitrogen and oxygen atoms in total. The zero-order valence-corrected chi connectivity index (χ0v) is 16.0. The van der Waals surface area contributed by atoms with Gasteiger partial charge in [-0.15, -0.1) is 6.58 Å². The van der Waals surface area contributed by atoms with Crippen LogP contribution < -0.4 is 10.0 Å². The molecule has 0 saturated carbocycles. The fourth-order valence-corrected chi connectivity index (χ4v) is 3.31. The first kappa shape index (κ1) is 22.1. The van der Waals surface area contributed by atoms with Crippen molar-refractivity contribution in [3.63, 3.8) is 0 Å². The predicted octanol–water partition coefficient (Wildman–Crippen LogP) is 1.11. The van der Waals surface area contributed by atoms with Crippen molar-refractivity contribution >= 4 is 33.5 Å². The van der Waals surface area contributed by atoms with Crippen LogP contribution in [0.5, 0.6) is 0 Å². The Balaban J connectivity index is 2.89. The Kier molecular flexibility index (Phi) is 8.73. The monoisotopic (exact) mass is 404 g/mol. The van der Waals surface area contributed by atoms with Gasteiger partial charge in [0.05, 0.1) is 17.2 Å². The maximum absolute atomic E-state index is 12.2. The largest absolute Gasteiger partial charge is 0.449 e. The molecule has 26 heavy (non-hydrogen) atoms. The first-order valence-corrected chi connectivity index (χ1v) is 9.46. The van der Waals surface area contributed by atoms with Crippen LogP contribution in [0.1, 0.15) is 17.3 Å². The van der Waals surface area contributed by atoms with Crippen LogP contribution in [0.2, 0.25) is 5.02 Å². The van der Waals surface area contributed by atoms with E-state index in [1.165, 1.54) is 32.2 Å². The second-order valence-corrected chi connectivity index (χ2v) is 7.26. The molecule has 1 atom stereocenters. The lowest BCUT2D eigenvalue weighted by atomic mass is 10.2. The summed E-state index contributed by atoms with van der Waals surface area (Å²) in [5.41, 5.74) is -0.0510. The highest BCUT2D eigenvalue weighted by molar-refractivity contribution is 7.89. The smallest absolute Gasteiger partial charge is 0.338 e. The molecule has 0 unspecified atom stereocenters. The molecular formula is C16H21ClN2O6S. The van der Waals surface area contributed by atoms with Gasteiger partial charge in [-0.2, -0.15) is 0 Å². The highest BCUT2D eigenvalue weighted by Gasteiger charge is 2.22. The lowest BCUT2D eigenvalue weighted by Gasteiger charge is -2.14. The number of amides is 1. The lowest BCUT2D eigenvalue weighted by molar-refractivity contribution is -0.129. The van der Waals surface area contributed by atoms with Crippen LogP contribution in [-0.4, -0.2) is 53.2 Å². The van der Waals surface area contributed by atoms with Gasteiger partial charge in [0.25, 0.3) is 5.91 Å². The zero-order chi connectivity index (χ0) is 19.7. The van der Waals surface area contributed by atoms with E-state index in [0.29, 0.717) is 6.61 Å². The molecule has 1 aromatic rings. The van der Waals surface area contributed by atoms with Crippen molar-refractivity contribution in [2.24, 2.45) is 0 Å². The summed E-state index contributed by atoms with van der Waals surface area (Å²) in [5.74, 6) is -1.35. The number of carbonyl (C=O) groups excluding carboxylic acids is 2. The van der Waals surface area contributed by atoms with Crippen LogP contribution in [0.3, 0.4) is 0 Å². The lowest BCUT2D eigenvalue weighted by Crippen LogP contribution is -2.37. The summed E-state index contributed by atoms with van der Waals surface area (Å²) in [7, 11) is -2.43. The quantitative estimate of drug-likeness (QED) is 0.343. The second-order valence-electron chi connectivity index (χ2n) is 5.12. The topological polar surface area (TPSA) is 111 Å². The maximum Gasteiger partial charge on any atom is 0.338 e. The third-order valence-electron chi connectivity index (χ3n) is 3.13. The molecule has 0 radical (unpaired) electrons. The molecule has 0 saturated heterocycles. The van der Waals surface area contributed by atoms with Crippen LogP contribution in [0.15, 0.2) is 35.7 Å². The molecule has 0 aliphatic carbocycles. The highest BCUT2D eigenvalue weighted by atomic mass is 35.5. The number of halogens is 1. The summed E-state index contributed by atoms with van der Waals surface area (Å²) in [5, 5.41) is 2.48. The predicted molar refractivity (Wildman–Crippen MR) is 96.6 cm³/mol. The molecule has 10 heteroatoms. The maximum atomic E-state index is 12.2. The highest BCUT2D eigenvalue weighted by Crippen LogP contribution is 2.23. The van der Waals surface area contributed by atoms with Crippen molar-refractivity contribution in [1.29, 1.82) is 0 Å². The summed E-state index contributed by atoms with van der Waals surface area (Å²) in [4.78, 5) is 23.7. The third-order valence-corrected chi connectivity index (χ3v) is 5.04. The minimum Gasteiger partial charge on any atom is -0.449 e. The molecule has 0 bridgehead atoms. The van der Waals surface area contributed by atoms with Gasteiger partial charge < -0.3 is 14.8 Å². The van der Waals surface area contributed by atoms with Gasteiger partial charge in [-0.3, -0.25) is 4.79 Å². The number of nitrogens with one attached hydrogen (secondary N) is 2. The molecule has 1 rings (SSSR count). The number of methoxy groups -OCH3 is 1. The first-order valence-electron chi connectivity index (χ1n) is 7.60. The summed E-state index contributed by atoms with van der Waals surface area (Å²) in [6.07, 6.45) is 0.307. The Morgan fingerprint density at radius 3 is 2.69 bits per heavy atom. The fourth-order valence-electron chi connectivity index (χ4n) is 1.78. The van der Waals surface area contributed by atoms with E-state index in [4.69, 9.17) is 21.1 Å². The van der Waals surface area contributed by atoms with Crippen molar-refractivity contribution < 1.29 is 27.5 Å². The van der Waals surface area contributed by atoms with Crippen LogP contribution in [0.4, 0.5) is 0 Å². The molecular weight excluding hydrogens is 384 g/mol. The number of rotatable bonds is 10. The van der Waals surface area contributed by atoms with Gasteiger partial charge in [-0.05, 0) is 25.1 Å². The Bertz CT molecular complexity index is 766. The SMILES string of the molecule is C=CCNS(=O)(=O)c1cc(C(=O)O[C@H](C)C(=O)NCCOC)ccc1Cl. The van der Waals surface area contributed by atoms with Gasteiger partial charge >= 0.3 is 5.97 Å². The molecule has 0 spiro atoms. The number of carbonyl (C=O) groups is 2. The third kappa shape index (κ3) is 6.41. The molecule has 144 valence electrons. The van der Waals surface area contributed by atoms with Crippen molar-refractivity contribution in [3.05, 3.63) is 41.4 Å². The Labute approximate surface area is 157 Å². The van der Waals surface area contributed by atoms with E-state index in [0.717, 1.165) is 6.07 Å². The molecule has 0 heterocycles. The van der Waals surface area contributed by atoms with Crippen LogP contribution in [-0.2, 0) is 24.3 Å². The minimum atomic E-state index is -3.92. The standard InChI is InChI=1S/C16H21ClN2O6S/c1-4-7-19-26(22,23)14-10-12(5-6-13(14)17)16(21)25-11(2)15(20)18-8-9-24-3/h4-6,10-11,19H,1,7-9H2,2-3H3,(H,18,20)/t11-/m1/s1. The molecule has 0 aromatic heterocycles. The summed E-state index contributed by atoms with van der Waals surface area (Å²) < 4.78 is 36.5. The van der Waals surface area contributed by atoms with E-state index in [1.54, 1.807) is 0 Å². The van der Waals surface area contributed by atoms with Gasteiger partial charge in [0, 0.05) is 20.2 Å². The number of sulfonamides is 1. The number of hydrogen-bond donors (Lipinski definition) is 2. The normalized spacial score (nSPS) is 12.3. The number of hydrogen-bond acceptors (Lipinski definition) is 6. The van der Waals surface area contributed by atoms with E-state index in [-0.39, 0.29) is 28.6 Å². The average Bonchev–Trinajstić information content (AvgIpc) is 2.60. The van der Waals surface area contributed by atoms with Gasteiger partial charge in [0.1, 0.15) is 4.90 Å². The van der Waals surface area contributed by atoms with E-state index in [2.05, 4.69) is 16.6 Å². The molecule has 0 aliphatic rings. The molecule has 0 aliphatic heterocycles. The molecule has 0 fully saturated rings. The Hall–Kier alpha value is -1.94. The van der Waals surface area contributed by atoms with E-state index in [1.807, 2.05) is 0 Å². The van der Waals surface area contributed by atoms with Crippen molar-refractivity contribution in [2.45, 2.75) is 17.9 Å². The zero-order valence-electron chi connectivity index (χ0n) is 14.5. The second kappa shape index (κ2) is 10.3. The van der Waals surface area contributed by atoms with Gasteiger partial charge in [0.15, 0.2) is 6.10 Å². The molecule has 2 N–H and O–H groups in total. The first-order chi connectivity index (χ1) is 12.2. The van der Waals surface area contributed by atoms with E-state index >= 15 is 0 Å². The van der Waals surface area contributed by atoms with Crippen LogP contribution in [0, 0.1) is 0 Å². The molecule has 1 aromatic carbocycles. The summed E-state index contributed by atoms with van der Waals surface area (Å²) in [6.45, 7) is 5.42. The Morgan fingerprint density at radius 1 is 1.38 bits per heavy atom. The average molecular weight is 405 g/mol. The van der Waals surface area contributed by atoms with Crippen molar-refractivity contribution in [3.8, 4) is 0 Å². The van der Waals surface area contributed by atoms with Gasteiger partial charge in [-0.25, -0.2) is 17.9 Å².